The molecule has 17 heavy (non-hydrogen) atoms. The van der Waals surface area contributed by atoms with Crippen molar-refractivity contribution in [2.24, 2.45) is 5.92 Å². The lowest BCUT2D eigenvalue weighted by atomic mass is 9.85. The fourth-order valence-corrected chi connectivity index (χ4v) is 1.86. The second-order valence-electron chi connectivity index (χ2n) is 4.36. The van der Waals surface area contributed by atoms with Crippen LogP contribution in [-0.2, 0) is 4.74 Å². The summed E-state index contributed by atoms with van der Waals surface area (Å²) in [6, 6.07) is 4.43. The largest absolute Gasteiger partial charge is 0.465 e. The Bertz CT molecular complexity index is 416. The first-order valence-corrected chi connectivity index (χ1v) is 5.82. The summed E-state index contributed by atoms with van der Waals surface area (Å²) in [5.74, 6) is -0.484. The molecule has 92 valence electrons. The normalized spacial score (nSPS) is 15.2. The highest BCUT2D eigenvalue weighted by molar-refractivity contribution is 5.90. The SMILES string of the molecule is COC(=O)c1cc(NCC2CCC2)ccc1F. The highest BCUT2D eigenvalue weighted by Crippen LogP contribution is 2.26. The third-order valence-corrected chi connectivity index (χ3v) is 3.19. The van der Waals surface area contributed by atoms with Crippen LogP contribution in [0.15, 0.2) is 18.2 Å². The third-order valence-electron chi connectivity index (χ3n) is 3.19. The lowest BCUT2D eigenvalue weighted by Gasteiger charge is -2.25. The first kappa shape index (κ1) is 11.9. The van der Waals surface area contributed by atoms with Gasteiger partial charge in [-0.05, 0) is 37.0 Å². The smallest absolute Gasteiger partial charge is 0.340 e. The number of ether oxygens (including phenoxy) is 1. The maximum absolute atomic E-state index is 13.4. The maximum Gasteiger partial charge on any atom is 0.340 e. The van der Waals surface area contributed by atoms with Gasteiger partial charge in [0, 0.05) is 12.2 Å². The zero-order valence-electron chi connectivity index (χ0n) is 9.83. The molecule has 0 aliphatic heterocycles. The van der Waals surface area contributed by atoms with Gasteiger partial charge in [-0.2, -0.15) is 0 Å². The second kappa shape index (κ2) is 5.17. The van der Waals surface area contributed by atoms with E-state index < -0.39 is 11.8 Å². The molecule has 0 atom stereocenters. The molecule has 3 nitrogen and oxygen atoms in total. The van der Waals surface area contributed by atoms with E-state index in [0.717, 1.165) is 12.2 Å². The predicted molar refractivity (Wildman–Crippen MR) is 63.6 cm³/mol. The Morgan fingerprint density at radius 3 is 2.88 bits per heavy atom. The number of anilines is 1. The highest BCUT2D eigenvalue weighted by Gasteiger charge is 2.17. The predicted octanol–water partition coefficient (Wildman–Crippen LogP) is 2.82. The van der Waals surface area contributed by atoms with Crippen molar-refractivity contribution in [2.45, 2.75) is 19.3 Å². The van der Waals surface area contributed by atoms with Gasteiger partial charge in [0.1, 0.15) is 5.82 Å². The summed E-state index contributed by atoms with van der Waals surface area (Å²) in [4.78, 5) is 11.3. The van der Waals surface area contributed by atoms with Crippen LogP contribution in [0, 0.1) is 11.7 Å². The molecule has 1 aliphatic carbocycles. The van der Waals surface area contributed by atoms with Crippen molar-refractivity contribution in [1.29, 1.82) is 0 Å². The van der Waals surface area contributed by atoms with Gasteiger partial charge in [-0.1, -0.05) is 6.42 Å². The van der Waals surface area contributed by atoms with Gasteiger partial charge in [0.2, 0.25) is 0 Å². The number of halogens is 1. The van der Waals surface area contributed by atoms with Gasteiger partial charge in [-0.15, -0.1) is 0 Å². The fourth-order valence-electron chi connectivity index (χ4n) is 1.86. The van der Waals surface area contributed by atoms with Crippen molar-refractivity contribution in [2.75, 3.05) is 19.0 Å². The average molecular weight is 237 g/mol. The summed E-state index contributed by atoms with van der Waals surface area (Å²) < 4.78 is 17.9. The van der Waals surface area contributed by atoms with E-state index in [4.69, 9.17) is 0 Å². The highest BCUT2D eigenvalue weighted by atomic mass is 19.1. The molecule has 1 aromatic rings. The Balaban J connectivity index is 2.04. The molecule has 0 radical (unpaired) electrons. The Hall–Kier alpha value is -1.58. The van der Waals surface area contributed by atoms with E-state index in [0.29, 0.717) is 5.92 Å². The molecule has 0 aromatic heterocycles. The molecule has 0 spiro atoms. The van der Waals surface area contributed by atoms with E-state index in [1.165, 1.54) is 38.5 Å². The molecule has 0 bridgehead atoms. The number of methoxy groups -OCH3 is 1. The van der Waals surface area contributed by atoms with Crippen molar-refractivity contribution in [3.8, 4) is 0 Å². The van der Waals surface area contributed by atoms with E-state index in [1.807, 2.05) is 0 Å². The van der Waals surface area contributed by atoms with Crippen LogP contribution in [-0.4, -0.2) is 19.6 Å². The second-order valence-corrected chi connectivity index (χ2v) is 4.36. The van der Waals surface area contributed by atoms with Gasteiger partial charge < -0.3 is 10.1 Å². The molecule has 1 aromatic carbocycles. The molecule has 4 heteroatoms. The minimum atomic E-state index is -0.644. The zero-order valence-corrected chi connectivity index (χ0v) is 9.83. The molecule has 1 saturated carbocycles. The number of hydrogen-bond donors (Lipinski definition) is 1. The van der Waals surface area contributed by atoms with E-state index in [-0.39, 0.29) is 5.56 Å². The molecule has 2 rings (SSSR count). The summed E-state index contributed by atoms with van der Waals surface area (Å²) in [6.45, 7) is 0.881. The van der Waals surface area contributed by atoms with Crippen molar-refractivity contribution in [1.82, 2.24) is 0 Å². The Kier molecular flexibility index (Phi) is 3.61. The molecule has 0 saturated heterocycles. The van der Waals surface area contributed by atoms with Crippen LogP contribution in [0.25, 0.3) is 0 Å². The number of carbonyl (C=O) groups is 1. The minimum Gasteiger partial charge on any atom is -0.465 e. The Labute approximate surface area is 100.0 Å². The fraction of sp³-hybridized carbons (Fsp3) is 0.462. The number of nitrogens with one attached hydrogen (secondary N) is 1. The summed E-state index contributed by atoms with van der Waals surface area (Å²) >= 11 is 0. The van der Waals surface area contributed by atoms with Crippen LogP contribution in [0.2, 0.25) is 0 Å². The van der Waals surface area contributed by atoms with E-state index in [9.17, 15) is 9.18 Å². The van der Waals surface area contributed by atoms with E-state index in [2.05, 4.69) is 10.1 Å². The topological polar surface area (TPSA) is 38.3 Å². The van der Waals surface area contributed by atoms with Crippen LogP contribution in [0.5, 0.6) is 0 Å². The summed E-state index contributed by atoms with van der Waals surface area (Å²) in [5.41, 5.74) is 0.741. The average Bonchev–Trinajstić information content (AvgIpc) is 2.28. The maximum atomic E-state index is 13.4. The Morgan fingerprint density at radius 1 is 1.53 bits per heavy atom. The monoisotopic (exact) mass is 237 g/mol. The van der Waals surface area contributed by atoms with Gasteiger partial charge in [0.05, 0.1) is 12.7 Å². The molecule has 0 heterocycles. The van der Waals surface area contributed by atoms with Gasteiger partial charge in [0.25, 0.3) is 0 Å². The van der Waals surface area contributed by atoms with E-state index >= 15 is 0 Å². The van der Waals surface area contributed by atoms with Crippen LogP contribution in [0.1, 0.15) is 29.6 Å². The summed E-state index contributed by atoms with van der Waals surface area (Å²) in [5, 5.41) is 3.22. The third kappa shape index (κ3) is 2.75. The lowest BCUT2D eigenvalue weighted by molar-refractivity contribution is 0.0595. The molecular weight excluding hydrogens is 221 g/mol. The molecule has 1 aliphatic rings. The summed E-state index contributed by atoms with van der Waals surface area (Å²) in [7, 11) is 1.25. The number of carbonyl (C=O) groups excluding carboxylic acids is 1. The van der Waals surface area contributed by atoms with Gasteiger partial charge in [-0.25, -0.2) is 9.18 Å². The quantitative estimate of drug-likeness (QED) is 0.818. The molecular formula is C13H16FNO2. The lowest BCUT2D eigenvalue weighted by Crippen LogP contribution is -2.21. The Morgan fingerprint density at radius 2 is 2.29 bits per heavy atom. The van der Waals surface area contributed by atoms with Crippen molar-refractivity contribution >= 4 is 11.7 Å². The van der Waals surface area contributed by atoms with Crippen LogP contribution in [0.3, 0.4) is 0 Å². The van der Waals surface area contributed by atoms with Crippen molar-refractivity contribution in [3.05, 3.63) is 29.6 Å². The molecule has 0 unspecified atom stereocenters. The van der Waals surface area contributed by atoms with Gasteiger partial charge in [0.15, 0.2) is 0 Å². The zero-order chi connectivity index (χ0) is 12.3. The van der Waals surface area contributed by atoms with Crippen LogP contribution >= 0.6 is 0 Å². The first-order valence-electron chi connectivity index (χ1n) is 5.82. The van der Waals surface area contributed by atoms with Crippen molar-refractivity contribution in [3.63, 3.8) is 0 Å². The number of esters is 1. The standard InChI is InChI=1S/C13H16FNO2/c1-17-13(16)11-7-10(5-6-12(11)14)15-8-9-3-2-4-9/h5-7,9,15H,2-4,8H2,1H3. The van der Waals surface area contributed by atoms with Gasteiger partial charge in [-0.3, -0.25) is 0 Å². The minimum absolute atomic E-state index is 0.0221. The number of rotatable bonds is 4. The summed E-state index contributed by atoms with van der Waals surface area (Å²) in [6.07, 6.45) is 3.79. The van der Waals surface area contributed by atoms with Crippen molar-refractivity contribution < 1.29 is 13.9 Å². The molecule has 1 N–H and O–H groups in total. The van der Waals surface area contributed by atoms with Gasteiger partial charge >= 0.3 is 5.97 Å². The van der Waals surface area contributed by atoms with Crippen LogP contribution < -0.4 is 5.32 Å². The first-order chi connectivity index (χ1) is 8.20. The van der Waals surface area contributed by atoms with E-state index in [1.54, 1.807) is 6.07 Å². The number of benzene rings is 1. The number of hydrogen-bond acceptors (Lipinski definition) is 3. The van der Waals surface area contributed by atoms with Crippen LogP contribution in [0.4, 0.5) is 10.1 Å². The molecule has 1 fully saturated rings. The molecule has 0 amide bonds.